The highest BCUT2D eigenvalue weighted by Gasteiger charge is 2.49. The van der Waals surface area contributed by atoms with E-state index in [0.29, 0.717) is 18.5 Å². The van der Waals surface area contributed by atoms with E-state index in [2.05, 4.69) is 0 Å². The lowest BCUT2D eigenvalue weighted by atomic mass is 9.78. The Morgan fingerprint density at radius 1 is 1.09 bits per heavy atom. The second-order valence-electron chi connectivity index (χ2n) is 6.05. The monoisotopic (exact) mass is 299 g/mol. The number of carbonyl (C=O) groups is 3. The van der Waals surface area contributed by atoms with Crippen LogP contribution in [0.2, 0.25) is 0 Å². The highest BCUT2D eigenvalue weighted by Crippen LogP contribution is 2.42. The SMILES string of the molecule is CC1=C(C)C[C@@H]2C(=O)N(c3cccc(C(=O)O)c3)C(=O)[C@H]2C1. The smallest absolute Gasteiger partial charge is 0.335 e. The molecule has 0 bridgehead atoms. The summed E-state index contributed by atoms with van der Waals surface area (Å²) in [5.41, 5.74) is 2.75. The molecule has 2 amide bonds. The van der Waals surface area contributed by atoms with Crippen LogP contribution in [0.25, 0.3) is 0 Å². The predicted octanol–water partition coefficient (Wildman–Crippen LogP) is 2.62. The lowest BCUT2D eigenvalue weighted by Gasteiger charge is -2.23. The summed E-state index contributed by atoms with van der Waals surface area (Å²) in [5.74, 6) is -2.14. The summed E-state index contributed by atoms with van der Waals surface area (Å²) in [5, 5.41) is 9.06. The number of carboxylic acid groups (broad SMARTS) is 1. The van der Waals surface area contributed by atoms with Crippen molar-refractivity contribution in [2.45, 2.75) is 26.7 Å². The average Bonchev–Trinajstić information content (AvgIpc) is 2.71. The Bertz CT molecular complexity index is 687. The number of aromatic carboxylic acids is 1. The first kappa shape index (κ1) is 14.5. The molecule has 3 rings (SSSR count). The first-order valence-electron chi connectivity index (χ1n) is 7.26. The number of fused-ring (bicyclic) bond motifs is 1. The molecule has 5 heteroatoms. The molecule has 0 aromatic heterocycles. The maximum atomic E-state index is 12.6. The van der Waals surface area contributed by atoms with Crippen LogP contribution in [0.15, 0.2) is 35.4 Å². The molecule has 0 saturated carbocycles. The van der Waals surface area contributed by atoms with Crippen LogP contribution in [0.1, 0.15) is 37.0 Å². The summed E-state index contributed by atoms with van der Waals surface area (Å²) in [4.78, 5) is 37.5. The van der Waals surface area contributed by atoms with E-state index in [4.69, 9.17) is 5.11 Å². The summed E-state index contributed by atoms with van der Waals surface area (Å²) < 4.78 is 0. The molecule has 22 heavy (non-hydrogen) atoms. The molecule has 2 aliphatic rings. The molecule has 0 spiro atoms. The Balaban J connectivity index is 1.97. The number of nitrogens with zero attached hydrogens (tertiary/aromatic N) is 1. The van der Waals surface area contributed by atoms with Crippen molar-refractivity contribution in [3.63, 3.8) is 0 Å². The molecular weight excluding hydrogens is 282 g/mol. The molecule has 1 aliphatic carbocycles. The first-order valence-corrected chi connectivity index (χ1v) is 7.26. The Labute approximate surface area is 128 Å². The number of rotatable bonds is 2. The molecule has 1 aromatic carbocycles. The van der Waals surface area contributed by atoms with Crippen molar-refractivity contribution >= 4 is 23.5 Å². The fraction of sp³-hybridized carbons (Fsp3) is 0.353. The summed E-state index contributed by atoms with van der Waals surface area (Å²) in [6.07, 6.45) is 1.21. The van der Waals surface area contributed by atoms with E-state index >= 15 is 0 Å². The molecule has 114 valence electrons. The van der Waals surface area contributed by atoms with Gasteiger partial charge in [0.1, 0.15) is 0 Å². The van der Waals surface area contributed by atoms with Gasteiger partial charge in [-0.25, -0.2) is 4.79 Å². The van der Waals surface area contributed by atoms with E-state index < -0.39 is 5.97 Å². The van der Waals surface area contributed by atoms with Crippen LogP contribution in [0.5, 0.6) is 0 Å². The van der Waals surface area contributed by atoms with E-state index in [1.54, 1.807) is 12.1 Å². The van der Waals surface area contributed by atoms with E-state index in [-0.39, 0.29) is 29.2 Å². The van der Waals surface area contributed by atoms with Gasteiger partial charge in [0, 0.05) is 0 Å². The van der Waals surface area contributed by atoms with Crippen molar-refractivity contribution in [1.82, 2.24) is 0 Å². The Morgan fingerprint density at radius 3 is 2.14 bits per heavy atom. The lowest BCUT2D eigenvalue weighted by Crippen LogP contribution is -2.31. The highest BCUT2D eigenvalue weighted by molar-refractivity contribution is 6.22. The van der Waals surface area contributed by atoms with Crippen LogP contribution >= 0.6 is 0 Å². The molecule has 1 aromatic rings. The van der Waals surface area contributed by atoms with Gasteiger partial charge in [-0.15, -0.1) is 0 Å². The topological polar surface area (TPSA) is 74.7 Å². The quantitative estimate of drug-likeness (QED) is 0.673. The molecule has 5 nitrogen and oxygen atoms in total. The number of anilines is 1. The van der Waals surface area contributed by atoms with Gasteiger partial charge in [-0.05, 0) is 44.9 Å². The van der Waals surface area contributed by atoms with E-state index in [0.717, 1.165) is 4.90 Å². The normalized spacial score (nSPS) is 24.7. The van der Waals surface area contributed by atoms with Crippen LogP contribution < -0.4 is 4.90 Å². The third-order valence-corrected chi connectivity index (χ3v) is 4.69. The Morgan fingerprint density at radius 2 is 1.64 bits per heavy atom. The highest BCUT2D eigenvalue weighted by atomic mass is 16.4. The van der Waals surface area contributed by atoms with Crippen LogP contribution in [-0.2, 0) is 9.59 Å². The van der Waals surface area contributed by atoms with Gasteiger partial charge in [0.25, 0.3) is 0 Å². The van der Waals surface area contributed by atoms with Crippen LogP contribution in [-0.4, -0.2) is 22.9 Å². The molecule has 1 heterocycles. The number of amides is 2. The van der Waals surface area contributed by atoms with E-state index in [1.807, 2.05) is 13.8 Å². The first-order chi connectivity index (χ1) is 10.4. The minimum atomic E-state index is -1.08. The van der Waals surface area contributed by atoms with Crippen LogP contribution in [0.4, 0.5) is 5.69 Å². The minimum Gasteiger partial charge on any atom is -0.478 e. The van der Waals surface area contributed by atoms with Crippen molar-refractivity contribution in [3.05, 3.63) is 41.0 Å². The maximum absolute atomic E-state index is 12.6. The van der Waals surface area contributed by atoms with Gasteiger partial charge in [-0.3, -0.25) is 14.5 Å². The second kappa shape index (κ2) is 5.09. The van der Waals surface area contributed by atoms with Gasteiger partial charge in [0.05, 0.1) is 23.1 Å². The van der Waals surface area contributed by atoms with Gasteiger partial charge in [-0.2, -0.15) is 0 Å². The van der Waals surface area contributed by atoms with Crippen molar-refractivity contribution in [1.29, 1.82) is 0 Å². The zero-order valence-corrected chi connectivity index (χ0v) is 12.5. The van der Waals surface area contributed by atoms with Crippen molar-refractivity contribution in [2.75, 3.05) is 4.90 Å². The van der Waals surface area contributed by atoms with E-state index in [9.17, 15) is 14.4 Å². The zero-order valence-electron chi connectivity index (χ0n) is 12.5. The standard InChI is InChI=1S/C17H17NO4/c1-9-6-13-14(7-10(9)2)16(20)18(15(13)19)12-5-3-4-11(8-12)17(21)22/h3-5,8,13-14H,6-7H2,1-2H3,(H,21,22)/t13-,14-/m0/s1. The Hall–Kier alpha value is -2.43. The molecule has 1 N–H and O–H groups in total. The number of hydrogen-bond acceptors (Lipinski definition) is 3. The fourth-order valence-corrected chi connectivity index (χ4v) is 3.28. The largest absolute Gasteiger partial charge is 0.478 e. The second-order valence-corrected chi connectivity index (χ2v) is 6.05. The van der Waals surface area contributed by atoms with E-state index in [1.165, 1.54) is 23.3 Å². The van der Waals surface area contributed by atoms with Crippen molar-refractivity contribution in [2.24, 2.45) is 11.8 Å². The number of hydrogen-bond donors (Lipinski definition) is 1. The Kier molecular flexibility index (Phi) is 3.35. The zero-order chi connectivity index (χ0) is 16.0. The van der Waals surface area contributed by atoms with Gasteiger partial charge in [0.15, 0.2) is 0 Å². The summed E-state index contributed by atoms with van der Waals surface area (Å²) in [7, 11) is 0. The van der Waals surface area contributed by atoms with Gasteiger partial charge in [0.2, 0.25) is 11.8 Å². The van der Waals surface area contributed by atoms with Crippen LogP contribution in [0, 0.1) is 11.8 Å². The summed E-state index contributed by atoms with van der Waals surface area (Å²) >= 11 is 0. The third-order valence-electron chi connectivity index (χ3n) is 4.69. The minimum absolute atomic E-state index is 0.0680. The molecule has 1 saturated heterocycles. The number of carbonyl (C=O) groups excluding carboxylic acids is 2. The van der Waals surface area contributed by atoms with Crippen molar-refractivity contribution < 1.29 is 19.5 Å². The number of benzene rings is 1. The third kappa shape index (κ3) is 2.13. The summed E-state index contributed by atoms with van der Waals surface area (Å²) in [6, 6.07) is 5.98. The maximum Gasteiger partial charge on any atom is 0.335 e. The molecule has 0 radical (unpaired) electrons. The fourth-order valence-electron chi connectivity index (χ4n) is 3.28. The molecule has 2 atom stereocenters. The van der Waals surface area contributed by atoms with Gasteiger partial charge < -0.3 is 5.11 Å². The molecule has 0 unspecified atom stereocenters. The molecule has 1 fully saturated rings. The molecular formula is C17H17NO4. The lowest BCUT2D eigenvalue weighted by molar-refractivity contribution is -0.122. The number of carboxylic acids is 1. The van der Waals surface area contributed by atoms with Gasteiger partial charge in [-0.1, -0.05) is 17.2 Å². The summed E-state index contributed by atoms with van der Waals surface area (Å²) in [6.45, 7) is 3.99. The average molecular weight is 299 g/mol. The van der Waals surface area contributed by atoms with Gasteiger partial charge >= 0.3 is 5.97 Å². The van der Waals surface area contributed by atoms with Crippen molar-refractivity contribution in [3.8, 4) is 0 Å². The predicted molar refractivity (Wildman–Crippen MR) is 80.5 cm³/mol. The molecule has 1 aliphatic heterocycles. The number of allylic oxidation sites excluding steroid dienone is 2. The number of imide groups is 1. The van der Waals surface area contributed by atoms with Crippen LogP contribution in [0.3, 0.4) is 0 Å².